The van der Waals surface area contributed by atoms with E-state index in [9.17, 15) is 5.26 Å². The van der Waals surface area contributed by atoms with Crippen LogP contribution in [0.25, 0.3) is 0 Å². The maximum atomic E-state index is 9.53. The molecule has 0 saturated heterocycles. The fraction of sp³-hybridized carbons (Fsp3) is 0.588. The molecule has 2 nitrogen and oxygen atoms in total. The molecule has 0 amide bonds. The fourth-order valence-electron chi connectivity index (χ4n) is 3.50. The average Bonchev–Trinajstić information content (AvgIpc) is 2.32. The number of nitrogens with one attached hydrogen (secondary N) is 1. The van der Waals surface area contributed by atoms with E-state index in [1.165, 1.54) is 24.8 Å². The van der Waals surface area contributed by atoms with Crippen LogP contribution < -0.4 is 5.32 Å². The first-order valence-electron chi connectivity index (χ1n) is 7.46. The molecule has 100 valence electrons. The molecule has 0 heterocycles. The standard InChI is InChI=1S/C17H22N2/c1-13(14-6-5-7-14)19-16-10-17(11-16,12-18)15-8-3-2-4-9-15/h2-4,8-9,13-14,16,19H,5-7,10-11H2,1H3. The zero-order valence-corrected chi connectivity index (χ0v) is 11.6. The normalized spacial score (nSPS) is 31.9. The van der Waals surface area contributed by atoms with E-state index >= 15 is 0 Å². The summed E-state index contributed by atoms with van der Waals surface area (Å²) in [6.45, 7) is 2.30. The van der Waals surface area contributed by atoms with Gasteiger partial charge in [-0.2, -0.15) is 5.26 Å². The van der Waals surface area contributed by atoms with Gasteiger partial charge in [0.2, 0.25) is 0 Å². The van der Waals surface area contributed by atoms with E-state index < -0.39 is 0 Å². The summed E-state index contributed by atoms with van der Waals surface area (Å²) in [6.07, 6.45) is 6.08. The van der Waals surface area contributed by atoms with E-state index in [0.717, 1.165) is 18.8 Å². The van der Waals surface area contributed by atoms with Crippen molar-refractivity contribution < 1.29 is 0 Å². The summed E-state index contributed by atoms with van der Waals surface area (Å²) in [4.78, 5) is 0. The second-order valence-corrected chi connectivity index (χ2v) is 6.31. The highest BCUT2D eigenvalue weighted by Gasteiger charge is 2.46. The van der Waals surface area contributed by atoms with Crippen molar-refractivity contribution in [2.45, 2.75) is 56.5 Å². The Hall–Kier alpha value is -1.33. The molecule has 2 aliphatic carbocycles. The van der Waals surface area contributed by atoms with Crippen LogP contribution in [-0.2, 0) is 5.41 Å². The molecule has 1 aromatic carbocycles. The van der Waals surface area contributed by atoms with Crippen LogP contribution in [0.5, 0.6) is 0 Å². The Kier molecular flexibility index (Phi) is 3.33. The maximum absolute atomic E-state index is 9.53. The lowest BCUT2D eigenvalue weighted by Crippen LogP contribution is -2.55. The molecule has 19 heavy (non-hydrogen) atoms. The van der Waals surface area contributed by atoms with Crippen molar-refractivity contribution >= 4 is 0 Å². The molecule has 1 unspecified atom stereocenters. The van der Waals surface area contributed by atoms with Crippen LogP contribution in [0, 0.1) is 17.2 Å². The minimum absolute atomic E-state index is 0.238. The average molecular weight is 254 g/mol. The Balaban J connectivity index is 1.59. The van der Waals surface area contributed by atoms with Crippen molar-refractivity contribution in [2.24, 2.45) is 5.92 Å². The fourth-order valence-corrected chi connectivity index (χ4v) is 3.50. The van der Waals surface area contributed by atoms with Crippen molar-refractivity contribution in [1.29, 1.82) is 5.26 Å². The molecule has 0 bridgehead atoms. The lowest BCUT2D eigenvalue weighted by atomic mass is 9.62. The van der Waals surface area contributed by atoms with Gasteiger partial charge in [-0.25, -0.2) is 0 Å². The second-order valence-electron chi connectivity index (χ2n) is 6.31. The number of hydrogen-bond donors (Lipinski definition) is 1. The van der Waals surface area contributed by atoms with Gasteiger partial charge in [-0.05, 0) is 44.1 Å². The molecule has 0 aliphatic heterocycles. The molecule has 0 spiro atoms. The van der Waals surface area contributed by atoms with Gasteiger partial charge in [-0.3, -0.25) is 0 Å². The molecule has 1 aromatic rings. The van der Waals surface area contributed by atoms with Crippen LogP contribution in [0.1, 0.15) is 44.6 Å². The van der Waals surface area contributed by atoms with Crippen LogP contribution in [0.4, 0.5) is 0 Å². The molecule has 2 aliphatic rings. The third-order valence-corrected chi connectivity index (χ3v) is 5.09. The first kappa shape index (κ1) is 12.7. The van der Waals surface area contributed by atoms with Crippen molar-refractivity contribution in [1.82, 2.24) is 5.32 Å². The molecule has 0 radical (unpaired) electrons. The van der Waals surface area contributed by atoms with Crippen molar-refractivity contribution in [3.05, 3.63) is 35.9 Å². The lowest BCUT2D eigenvalue weighted by Gasteiger charge is -2.46. The van der Waals surface area contributed by atoms with Gasteiger partial charge in [0.05, 0.1) is 11.5 Å². The summed E-state index contributed by atoms with van der Waals surface area (Å²) in [6, 6.07) is 14.0. The Bertz CT molecular complexity index is 464. The van der Waals surface area contributed by atoms with Gasteiger partial charge in [0.1, 0.15) is 0 Å². The molecule has 0 aromatic heterocycles. The Morgan fingerprint density at radius 3 is 2.47 bits per heavy atom. The molecule has 2 heteroatoms. The van der Waals surface area contributed by atoms with E-state index in [1.54, 1.807) is 0 Å². The predicted molar refractivity (Wildman–Crippen MR) is 76.7 cm³/mol. The molecule has 2 saturated carbocycles. The largest absolute Gasteiger partial charge is 0.311 e. The van der Waals surface area contributed by atoms with Gasteiger partial charge in [-0.1, -0.05) is 36.8 Å². The highest BCUT2D eigenvalue weighted by atomic mass is 15.0. The van der Waals surface area contributed by atoms with E-state index in [-0.39, 0.29) is 5.41 Å². The molecule has 3 rings (SSSR count). The van der Waals surface area contributed by atoms with Crippen LogP contribution in [0.2, 0.25) is 0 Å². The molecular formula is C17H22N2. The smallest absolute Gasteiger partial charge is 0.0852 e. The second kappa shape index (κ2) is 4.98. The van der Waals surface area contributed by atoms with E-state index in [1.807, 2.05) is 18.2 Å². The van der Waals surface area contributed by atoms with Crippen LogP contribution >= 0.6 is 0 Å². The summed E-state index contributed by atoms with van der Waals surface area (Å²) in [5, 5.41) is 13.3. The van der Waals surface area contributed by atoms with Gasteiger partial charge >= 0.3 is 0 Å². The predicted octanol–water partition coefficient (Wildman–Crippen LogP) is 3.39. The molecular weight excluding hydrogens is 232 g/mol. The minimum atomic E-state index is -0.238. The number of benzene rings is 1. The first-order chi connectivity index (χ1) is 9.23. The summed E-state index contributed by atoms with van der Waals surface area (Å²) in [7, 11) is 0. The number of hydrogen-bond acceptors (Lipinski definition) is 2. The van der Waals surface area contributed by atoms with E-state index in [0.29, 0.717) is 12.1 Å². The number of rotatable bonds is 4. The zero-order valence-electron chi connectivity index (χ0n) is 11.6. The van der Waals surface area contributed by atoms with Crippen molar-refractivity contribution in [2.75, 3.05) is 0 Å². The van der Waals surface area contributed by atoms with Crippen LogP contribution in [-0.4, -0.2) is 12.1 Å². The van der Waals surface area contributed by atoms with Gasteiger partial charge in [0.15, 0.2) is 0 Å². The number of nitrogens with zero attached hydrogens (tertiary/aromatic N) is 1. The summed E-state index contributed by atoms with van der Waals surface area (Å²) >= 11 is 0. The van der Waals surface area contributed by atoms with E-state index in [4.69, 9.17) is 0 Å². The summed E-state index contributed by atoms with van der Waals surface area (Å²) in [5.41, 5.74) is 0.949. The van der Waals surface area contributed by atoms with Crippen molar-refractivity contribution in [3.8, 4) is 6.07 Å². The monoisotopic (exact) mass is 254 g/mol. The number of nitriles is 1. The van der Waals surface area contributed by atoms with Gasteiger partial charge in [0, 0.05) is 12.1 Å². The third-order valence-electron chi connectivity index (χ3n) is 5.09. The van der Waals surface area contributed by atoms with Crippen LogP contribution in [0.3, 0.4) is 0 Å². The molecule has 2 fully saturated rings. The van der Waals surface area contributed by atoms with Gasteiger partial charge in [0.25, 0.3) is 0 Å². The Labute approximate surface area is 115 Å². The molecule has 1 atom stereocenters. The highest BCUT2D eigenvalue weighted by molar-refractivity contribution is 5.36. The van der Waals surface area contributed by atoms with E-state index in [2.05, 4.69) is 30.4 Å². The third kappa shape index (κ3) is 2.28. The minimum Gasteiger partial charge on any atom is -0.311 e. The topological polar surface area (TPSA) is 35.8 Å². The highest BCUT2D eigenvalue weighted by Crippen LogP contribution is 2.44. The van der Waals surface area contributed by atoms with Crippen molar-refractivity contribution in [3.63, 3.8) is 0 Å². The first-order valence-corrected chi connectivity index (χ1v) is 7.46. The summed E-state index contributed by atoms with van der Waals surface area (Å²) in [5.74, 6) is 0.869. The lowest BCUT2D eigenvalue weighted by molar-refractivity contribution is 0.163. The molecule has 1 N–H and O–H groups in total. The Morgan fingerprint density at radius 2 is 1.95 bits per heavy atom. The van der Waals surface area contributed by atoms with Gasteiger partial charge < -0.3 is 5.32 Å². The quantitative estimate of drug-likeness (QED) is 0.894. The van der Waals surface area contributed by atoms with Gasteiger partial charge in [-0.15, -0.1) is 0 Å². The Morgan fingerprint density at radius 1 is 1.26 bits per heavy atom. The maximum Gasteiger partial charge on any atom is 0.0852 e. The van der Waals surface area contributed by atoms with Crippen LogP contribution in [0.15, 0.2) is 30.3 Å². The zero-order chi connectivity index (χ0) is 13.3. The SMILES string of the molecule is CC(NC1CC(C#N)(c2ccccc2)C1)C1CCC1. The summed E-state index contributed by atoms with van der Waals surface area (Å²) < 4.78 is 0.